The van der Waals surface area contributed by atoms with Gasteiger partial charge in [-0.15, -0.1) is 0 Å². The van der Waals surface area contributed by atoms with Crippen molar-refractivity contribution in [1.82, 2.24) is 14.1 Å². The van der Waals surface area contributed by atoms with Gasteiger partial charge >= 0.3 is 6.18 Å². The van der Waals surface area contributed by atoms with E-state index < -0.39 is 26.7 Å². The van der Waals surface area contributed by atoms with E-state index >= 15 is 0 Å². The Morgan fingerprint density at radius 3 is 2.13 bits per heavy atom. The monoisotopic (exact) mass is 447 g/mol. The van der Waals surface area contributed by atoms with Crippen LogP contribution in [0.3, 0.4) is 0 Å². The Bertz CT molecular complexity index is 823. The number of hydrogen-bond donors (Lipinski definition) is 0. The van der Waals surface area contributed by atoms with Crippen molar-refractivity contribution in [3.8, 4) is 0 Å². The first-order valence-corrected chi connectivity index (χ1v) is 12.0. The Morgan fingerprint density at radius 1 is 0.967 bits per heavy atom. The van der Waals surface area contributed by atoms with Gasteiger partial charge in [-0.25, -0.2) is 8.42 Å². The van der Waals surface area contributed by atoms with Crippen molar-refractivity contribution in [2.24, 2.45) is 0 Å². The van der Waals surface area contributed by atoms with E-state index in [-0.39, 0.29) is 12.1 Å². The molecular weight excluding hydrogens is 415 g/mol. The summed E-state index contributed by atoms with van der Waals surface area (Å²) in [7, 11) is 1.30. The highest BCUT2D eigenvalue weighted by Crippen LogP contribution is 2.37. The van der Waals surface area contributed by atoms with Gasteiger partial charge in [0.05, 0.1) is 10.5 Å². The average Bonchev–Trinajstić information content (AvgIpc) is 2.72. The quantitative estimate of drug-likeness (QED) is 0.691. The van der Waals surface area contributed by atoms with Crippen LogP contribution in [0.2, 0.25) is 0 Å². The second-order valence-electron chi connectivity index (χ2n) is 8.63. The molecule has 0 spiro atoms. The third-order valence-electron chi connectivity index (χ3n) is 6.80. The molecule has 2 fully saturated rings. The number of benzene rings is 1. The smallest absolute Gasteiger partial charge is 0.306 e. The van der Waals surface area contributed by atoms with Crippen molar-refractivity contribution in [2.45, 2.75) is 67.7 Å². The number of hydrogen-bond acceptors (Lipinski definition) is 4. The maximum Gasteiger partial charge on any atom is 0.417 e. The molecule has 0 N–H and O–H groups in total. The molecule has 0 radical (unpaired) electrons. The lowest BCUT2D eigenvalue weighted by molar-refractivity contribution is -0.139. The molecule has 0 unspecified atom stereocenters. The summed E-state index contributed by atoms with van der Waals surface area (Å²) in [4.78, 5) is 3.91. The Kier molecular flexibility index (Phi) is 7.16. The van der Waals surface area contributed by atoms with Gasteiger partial charge in [0.1, 0.15) is 0 Å². The van der Waals surface area contributed by atoms with E-state index in [4.69, 9.17) is 0 Å². The number of piperidine rings is 1. The van der Waals surface area contributed by atoms with Gasteiger partial charge in [-0.05, 0) is 65.0 Å². The highest BCUT2D eigenvalue weighted by Gasteiger charge is 2.42. The number of rotatable bonds is 5. The summed E-state index contributed by atoms with van der Waals surface area (Å²) in [6.07, 6.45) is 0.711. The van der Waals surface area contributed by atoms with Gasteiger partial charge in [0.25, 0.3) is 0 Å². The molecule has 1 aliphatic carbocycles. The first kappa shape index (κ1) is 23.5. The fourth-order valence-electron chi connectivity index (χ4n) is 4.92. The van der Waals surface area contributed by atoms with E-state index in [1.807, 2.05) is 7.05 Å². The molecule has 1 aromatic rings. The summed E-state index contributed by atoms with van der Waals surface area (Å²) >= 11 is 0. The lowest BCUT2D eigenvalue weighted by atomic mass is 9.87. The Balaban J connectivity index is 1.87. The van der Waals surface area contributed by atoms with Gasteiger partial charge in [-0.3, -0.25) is 4.90 Å². The van der Waals surface area contributed by atoms with Crippen LogP contribution in [0.25, 0.3) is 0 Å². The number of likely N-dealkylation sites (N-methyl/N-ethyl adjacent to an activating group) is 2. The zero-order chi connectivity index (χ0) is 22.1. The van der Waals surface area contributed by atoms with Crippen molar-refractivity contribution in [1.29, 1.82) is 0 Å². The summed E-state index contributed by atoms with van der Waals surface area (Å²) in [5.41, 5.74) is -1.10. The van der Waals surface area contributed by atoms with Gasteiger partial charge in [-0.1, -0.05) is 25.0 Å². The zero-order valence-corrected chi connectivity index (χ0v) is 18.7. The number of alkyl halides is 3. The third kappa shape index (κ3) is 4.84. The van der Waals surface area contributed by atoms with E-state index in [0.717, 1.165) is 57.3 Å². The van der Waals surface area contributed by atoms with Gasteiger partial charge in [0, 0.05) is 25.2 Å². The van der Waals surface area contributed by atoms with Crippen LogP contribution in [-0.2, 0) is 16.2 Å². The van der Waals surface area contributed by atoms with Crippen LogP contribution in [0, 0.1) is 0 Å². The average molecular weight is 448 g/mol. The van der Waals surface area contributed by atoms with Crippen LogP contribution in [0.4, 0.5) is 13.2 Å². The summed E-state index contributed by atoms with van der Waals surface area (Å²) in [6, 6.07) is 4.50. The summed E-state index contributed by atoms with van der Waals surface area (Å²) in [6.45, 7) is 2.00. The molecule has 2 aliphatic rings. The Labute approximate surface area is 177 Å². The van der Waals surface area contributed by atoms with Crippen molar-refractivity contribution in [3.63, 3.8) is 0 Å². The van der Waals surface area contributed by atoms with Crippen LogP contribution < -0.4 is 0 Å². The minimum atomic E-state index is -4.72. The normalized spacial score (nSPS) is 25.2. The second-order valence-corrected chi connectivity index (χ2v) is 10.6. The fourth-order valence-corrected chi connectivity index (χ4v) is 6.55. The van der Waals surface area contributed by atoms with Gasteiger partial charge < -0.3 is 4.90 Å². The van der Waals surface area contributed by atoms with Gasteiger partial charge in [0.15, 0.2) is 0 Å². The van der Waals surface area contributed by atoms with Gasteiger partial charge in [-0.2, -0.15) is 17.5 Å². The lowest BCUT2D eigenvalue weighted by Crippen LogP contribution is -2.56. The molecule has 1 saturated heterocycles. The fraction of sp³-hybridized carbons (Fsp3) is 0.714. The van der Waals surface area contributed by atoms with Gasteiger partial charge in [0.2, 0.25) is 10.0 Å². The molecule has 1 heterocycles. The Hall–Kier alpha value is -1.16. The largest absolute Gasteiger partial charge is 0.417 e. The highest BCUT2D eigenvalue weighted by molar-refractivity contribution is 7.89. The van der Waals surface area contributed by atoms with Crippen LogP contribution in [0.15, 0.2) is 29.2 Å². The van der Waals surface area contributed by atoms with E-state index in [0.29, 0.717) is 12.5 Å². The molecule has 0 amide bonds. The van der Waals surface area contributed by atoms with E-state index in [9.17, 15) is 21.6 Å². The SMILES string of the molecule is CN1CCC(N(C)[C@@H]2CCCC[C@H]2N(C)S(=O)(=O)c2ccccc2C(F)(F)F)CC1. The minimum Gasteiger partial charge on any atom is -0.306 e. The van der Waals surface area contributed by atoms with E-state index in [2.05, 4.69) is 16.8 Å². The maximum absolute atomic E-state index is 13.5. The summed E-state index contributed by atoms with van der Waals surface area (Å²) in [5.74, 6) is 0. The van der Waals surface area contributed by atoms with E-state index in [1.165, 1.54) is 23.5 Å². The molecule has 1 aliphatic heterocycles. The topological polar surface area (TPSA) is 43.9 Å². The molecule has 9 heteroatoms. The van der Waals surface area contributed by atoms with Crippen molar-refractivity contribution in [2.75, 3.05) is 34.2 Å². The highest BCUT2D eigenvalue weighted by atomic mass is 32.2. The predicted molar refractivity (Wildman–Crippen MR) is 111 cm³/mol. The lowest BCUT2D eigenvalue weighted by Gasteiger charge is -2.46. The number of halogens is 3. The molecule has 1 saturated carbocycles. The van der Waals surface area contributed by atoms with Crippen molar-refractivity contribution in [3.05, 3.63) is 29.8 Å². The molecule has 2 atom stereocenters. The van der Waals surface area contributed by atoms with Crippen LogP contribution in [0.1, 0.15) is 44.1 Å². The summed E-state index contributed by atoms with van der Waals surface area (Å²) in [5, 5.41) is 0. The molecule has 3 rings (SSSR count). The number of likely N-dealkylation sites (tertiary alicyclic amines) is 1. The minimum absolute atomic E-state index is 0.00461. The van der Waals surface area contributed by atoms with E-state index in [1.54, 1.807) is 0 Å². The van der Waals surface area contributed by atoms with Crippen molar-refractivity contribution < 1.29 is 21.6 Å². The molecule has 1 aromatic carbocycles. The molecule has 0 aromatic heterocycles. The molecule has 0 bridgehead atoms. The number of sulfonamides is 1. The van der Waals surface area contributed by atoms with Crippen LogP contribution in [-0.4, -0.2) is 74.9 Å². The van der Waals surface area contributed by atoms with Crippen LogP contribution in [0.5, 0.6) is 0 Å². The third-order valence-corrected chi connectivity index (χ3v) is 8.74. The molecule has 5 nitrogen and oxygen atoms in total. The predicted octanol–water partition coefficient (Wildman–Crippen LogP) is 3.66. The molecule has 30 heavy (non-hydrogen) atoms. The number of nitrogens with zero attached hydrogens (tertiary/aromatic N) is 3. The molecule has 170 valence electrons. The molecular formula is C21H32F3N3O2S. The summed E-state index contributed by atoms with van der Waals surface area (Å²) < 4.78 is 68.2. The Morgan fingerprint density at radius 2 is 1.53 bits per heavy atom. The zero-order valence-electron chi connectivity index (χ0n) is 17.9. The first-order valence-electron chi connectivity index (χ1n) is 10.6. The maximum atomic E-state index is 13.5. The van der Waals surface area contributed by atoms with Crippen LogP contribution >= 0.6 is 0 Å². The standard InChI is InChI=1S/C21H32F3N3O2S/c1-25-14-12-16(13-15-25)26(2)18-9-5-6-10-19(18)27(3)30(28,29)20-11-7-4-8-17(20)21(22,23)24/h4,7-8,11,16,18-19H,5-6,9-10,12-15H2,1-3H3/t18-,19-/m1/s1. The van der Waals surface area contributed by atoms with Crippen molar-refractivity contribution >= 4 is 10.0 Å². The first-order chi connectivity index (χ1) is 14.0. The second kappa shape index (κ2) is 9.14.